The second kappa shape index (κ2) is 4.93. The summed E-state index contributed by atoms with van der Waals surface area (Å²) < 4.78 is 4.77. The van der Waals surface area contributed by atoms with E-state index >= 15 is 0 Å². The number of methoxy groups -OCH3 is 1. The van der Waals surface area contributed by atoms with Crippen molar-refractivity contribution in [1.82, 2.24) is 10.3 Å². The van der Waals surface area contributed by atoms with Crippen LogP contribution in [-0.4, -0.2) is 25.1 Å². The first kappa shape index (κ1) is 13.1. The Kier molecular flexibility index (Phi) is 4.04. The number of nitrogens with zero attached hydrogens (tertiary/aromatic N) is 1. The minimum absolute atomic E-state index is 0.147. The molecule has 1 N–H and O–H groups in total. The standard InChI is InChI=1S/C11H18N2O2S/c1-11(2,3)9-8(10(14)15-5)16-7(13-9)6-12-4/h12H,6H2,1-5H3. The van der Waals surface area contributed by atoms with E-state index in [4.69, 9.17) is 4.74 Å². The maximum absolute atomic E-state index is 11.6. The van der Waals surface area contributed by atoms with Crippen LogP contribution in [0.4, 0.5) is 0 Å². The van der Waals surface area contributed by atoms with Crippen molar-refractivity contribution in [2.45, 2.75) is 32.7 Å². The Morgan fingerprint density at radius 2 is 2.12 bits per heavy atom. The van der Waals surface area contributed by atoms with E-state index < -0.39 is 0 Å². The number of carbonyl (C=O) groups excluding carboxylic acids is 1. The van der Waals surface area contributed by atoms with Crippen LogP contribution in [-0.2, 0) is 16.7 Å². The fourth-order valence-electron chi connectivity index (χ4n) is 1.33. The first-order valence-corrected chi connectivity index (χ1v) is 5.95. The molecule has 90 valence electrons. The van der Waals surface area contributed by atoms with Gasteiger partial charge in [0.2, 0.25) is 0 Å². The summed E-state index contributed by atoms with van der Waals surface area (Å²) in [5, 5.41) is 3.94. The lowest BCUT2D eigenvalue weighted by Gasteiger charge is -2.16. The highest BCUT2D eigenvalue weighted by Crippen LogP contribution is 2.30. The third-order valence-electron chi connectivity index (χ3n) is 2.08. The van der Waals surface area contributed by atoms with Gasteiger partial charge in [0.15, 0.2) is 0 Å². The summed E-state index contributed by atoms with van der Waals surface area (Å²) in [5.41, 5.74) is 0.668. The lowest BCUT2D eigenvalue weighted by Crippen LogP contribution is -2.17. The fraction of sp³-hybridized carbons (Fsp3) is 0.636. The Bertz CT molecular complexity index is 380. The van der Waals surface area contributed by atoms with Crippen LogP contribution in [0.5, 0.6) is 0 Å². The van der Waals surface area contributed by atoms with Crippen molar-refractivity contribution in [3.8, 4) is 0 Å². The molecule has 0 saturated carbocycles. The monoisotopic (exact) mass is 242 g/mol. The van der Waals surface area contributed by atoms with Gasteiger partial charge in [-0.3, -0.25) is 0 Å². The average Bonchev–Trinajstić information content (AvgIpc) is 2.61. The zero-order valence-electron chi connectivity index (χ0n) is 10.4. The van der Waals surface area contributed by atoms with Crippen molar-refractivity contribution >= 4 is 17.3 Å². The second-order valence-corrected chi connectivity index (χ2v) is 5.64. The van der Waals surface area contributed by atoms with Gasteiger partial charge in [-0.2, -0.15) is 0 Å². The molecule has 0 fully saturated rings. The molecule has 4 nitrogen and oxygen atoms in total. The molecule has 1 aromatic rings. The number of carbonyl (C=O) groups is 1. The molecule has 0 amide bonds. The smallest absolute Gasteiger partial charge is 0.350 e. The number of hydrogen-bond donors (Lipinski definition) is 1. The van der Waals surface area contributed by atoms with Crippen LogP contribution in [0.3, 0.4) is 0 Å². The molecule has 0 aliphatic carbocycles. The maximum Gasteiger partial charge on any atom is 0.350 e. The summed E-state index contributed by atoms with van der Waals surface area (Å²) in [6.45, 7) is 6.79. The normalized spacial score (nSPS) is 11.6. The molecule has 16 heavy (non-hydrogen) atoms. The van der Waals surface area contributed by atoms with Crippen LogP contribution < -0.4 is 5.32 Å². The Morgan fingerprint density at radius 1 is 1.50 bits per heavy atom. The highest BCUT2D eigenvalue weighted by atomic mass is 32.1. The van der Waals surface area contributed by atoms with Crippen LogP contribution in [0.25, 0.3) is 0 Å². The van der Waals surface area contributed by atoms with Gasteiger partial charge in [0.05, 0.1) is 12.8 Å². The Morgan fingerprint density at radius 3 is 2.56 bits per heavy atom. The first-order chi connectivity index (χ1) is 7.40. The topological polar surface area (TPSA) is 51.2 Å². The quantitative estimate of drug-likeness (QED) is 0.823. The minimum Gasteiger partial charge on any atom is -0.465 e. The van der Waals surface area contributed by atoms with Crippen molar-refractivity contribution in [2.75, 3.05) is 14.2 Å². The molecule has 0 spiro atoms. The summed E-state index contributed by atoms with van der Waals surface area (Å²) >= 11 is 1.40. The van der Waals surface area contributed by atoms with Crippen LogP contribution in [0.15, 0.2) is 0 Å². The van der Waals surface area contributed by atoms with E-state index in [0.29, 0.717) is 11.4 Å². The van der Waals surface area contributed by atoms with E-state index in [0.717, 1.165) is 10.7 Å². The number of hydrogen-bond acceptors (Lipinski definition) is 5. The molecule has 1 rings (SSSR count). The van der Waals surface area contributed by atoms with E-state index in [1.165, 1.54) is 18.4 Å². The first-order valence-electron chi connectivity index (χ1n) is 5.13. The molecule has 1 heterocycles. The predicted octanol–water partition coefficient (Wildman–Crippen LogP) is 1.95. The Balaban J connectivity index is 3.18. The van der Waals surface area contributed by atoms with Crippen LogP contribution in [0.2, 0.25) is 0 Å². The summed E-state index contributed by atoms with van der Waals surface area (Å²) in [4.78, 5) is 16.7. The number of nitrogens with one attached hydrogen (secondary N) is 1. The molecule has 0 radical (unpaired) electrons. The molecule has 0 unspecified atom stereocenters. The van der Waals surface area contributed by atoms with Crippen molar-refractivity contribution < 1.29 is 9.53 Å². The maximum atomic E-state index is 11.6. The van der Waals surface area contributed by atoms with Crippen molar-refractivity contribution in [2.24, 2.45) is 0 Å². The molecule has 1 aromatic heterocycles. The van der Waals surface area contributed by atoms with Crippen LogP contribution in [0.1, 0.15) is 41.1 Å². The van der Waals surface area contributed by atoms with Crippen LogP contribution in [0, 0.1) is 0 Å². The van der Waals surface area contributed by atoms with Gasteiger partial charge in [-0.25, -0.2) is 9.78 Å². The fourth-order valence-corrected chi connectivity index (χ4v) is 2.53. The van der Waals surface area contributed by atoms with Gasteiger partial charge in [-0.1, -0.05) is 20.8 Å². The SMILES string of the molecule is CNCc1nc(C(C)(C)C)c(C(=O)OC)s1. The van der Waals surface area contributed by atoms with Crippen LogP contribution >= 0.6 is 11.3 Å². The van der Waals surface area contributed by atoms with Gasteiger partial charge >= 0.3 is 5.97 Å². The molecule has 0 aromatic carbocycles. The molecule has 5 heteroatoms. The summed E-state index contributed by atoms with van der Waals surface area (Å²) in [6, 6.07) is 0. The van der Waals surface area contributed by atoms with E-state index in [2.05, 4.69) is 10.3 Å². The highest BCUT2D eigenvalue weighted by Gasteiger charge is 2.27. The molecule has 0 aliphatic heterocycles. The third kappa shape index (κ3) is 2.80. The number of rotatable bonds is 3. The molecule has 0 aliphatic rings. The summed E-state index contributed by atoms with van der Waals surface area (Å²) in [6.07, 6.45) is 0. The molecular formula is C11H18N2O2S. The zero-order chi connectivity index (χ0) is 12.3. The molecular weight excluding hydrogens is 224 g/mol. The minimum atomic E-state index is -0.301. The Hall–Kier alpha value is -0.940. The second-order valence-electron chi connectivity index (χ2n) is 4.56. The molecule has 0 saturated heterocycles. The number of aromatic nitrogens is 1. The highest BCUT2D eigenvalue weighted by molar-refractivity contribution is 7.13. The van der Waals surface area contributed by atoms with Gasteiger partial charge < -0.3 is 10.1 Å². The van der Waals surface area contributed by atoms with E-state index in [-0.39, 0.29) is 11.4 Å². The third-order valence-corrected chi connectivity index (χ3v) is 3.12. The van der Waals surface area contributed by atoms with E-state index in [1.54, 1.807) is 0 Å². The largest absolute Gasteiger partial charge is 0.465 e. The van der Waals surface area contributed by atoms with Gasteiger partial charge in [0.25, 0.3) is 0 Å². The van der Waals surface area contributed by atoms with Crippen molar-refractivity contribution in [1.29, 1.82) is 0 Å². The summed E-state index contributed by atoms with van der Waals surface area (Å²) in [7, 11) is 3.25. The summed E-state index contributed by atoms with van der Waals surface area (Å²) in [5.74, 6) is -0.301. The molecule has 0 bridgehead atoms. The van der Waals surface area contributed by atoms with E-state index in [9.17, 15) is 4.79 Å². The number of thiazole rings is 1. The van der Waals surface area contributed by atoms with Gasteiger partial charge in [-0.15, -0.1) is 11.3 Å². The lowest BCUT2D eigenvalue weighted by molar-refractivity contribution is 0.0603. The number of esters is 1. The van der Waals surface area contributed by atoms with Crippen molar-refractivity contribution in [3.05, 3.63) is 15.6 Å². The Labute approximate surface area is 100 Å². The zero-order valence-corrected chi connectivity index (χ0v) is 11.2. The van der Waals surface area contributed by atoms with E-state index in [1.807, 2.05) is 27.8 Å². The van der Waals surface area contributed by atoms with Gasteiger partial charge in [0, 0.05) is 12.0 Å². The lowest BCUT2D eigenvalue weighted by atomic mass is 9.91. The average molecular weight is 242 g/mol. The number of ether oxygens (including phenoxy) is 1. The molecule has 0 atom stereocenters. The predicted molar refractivity (Wildman–Crippen MR) is 64.9 cm³/mol. The van der Waals surface area contributed by atoms with Gasteiger partial charge in [0.1, 0.15) is 9.88 Å². The van der Waals surface area contributed by atoms with Crippen molar-refractivity contribution in [3.63, 3.8) is 0 Å². The van der Waals surface area contributed by atoms with Gasteiger partial charge in [-0.05, 0) is 7.05 Å².